The third-order valence-electron chi connectivity index (χ3n) is 2.52. The standard InChI is InChI=1S/C12H15BrN4O/c1-3-8-6-9(13)4-5-10(8)15-12-17-16-11(18-12)7(2)14/h4-7H,3,14H2,1-2H3,(H,15,17). The van der Waals surface area contributed by atoms with E-state index in [1.165, 1.54) is 5.56 Å². The average Bonchev–Trinajstić information content (AvgIpc) is 2.80. The van der Waals surface area contributed by atoms with Gasteiger partial charge in [-0.3, -0.25) is 0 Å². The lowest BCUT2D eigenvalue weighted by Gasteiger charge is -2.08. The summed E-state index contributed by atoms with van der Waals surface area (Å²) < 4.78 is 6.46. The van der Waals surface area contributed by atoms with E-state index in [4.69, 9.17) is 10.2 Å². The van der Waals surface area contributed by atoms with Crippen LogP contribution in [0, 0.1) is 0 Å². The Balaban J connectivity index is 2.22. The van der Waals surface area contributed by atoms with E-state index in [-0.39, 0.29) is 6.04 Å². The Bertz CT molecular complexity index is 539. The molecule has 0 spiro atoms. The van der Waals surface area contributed by atoms with Crippen LogP contribution < -0.4 is 11.1 Å². The molecule has 6 heteroatoms. The number of rotatable bonds is 4. The van der Waals surface area contributed by atoms with Crippen LogP contribution in [0.4, 0.5) is 11.7 Å². The molecule has 1 aromatic heterocycles. The minimum atomic E-state index is -0.261. The number of nitrogens with one attached hydrogen (secondary N) is 1. The summed E-state index contributed by atoms with van der Waals surface area (Å²) in [5.74, 6) is 0.424. The van der Waals surface area contributed by atoms with E-state index in [1.807, 2.05) is 12.1 Å². The molecule has 1 unspecified atom stereocenters. The Morgan fingerprint density at radius 1 is 1.44 bits per heavy atom. The lowest BCUT2D eigenvalue weighted by molar-refractivity contribution is 0.475. The third-order valence-corrected chi connectivity index (χ3v) is 3.01. The first-order valence-electron chi connectivity index (χ1n) is 5.74. The zero-order chi connectivity index (χ0) is 13.1. The quantitative estimate of drug-likeness (QED) is 0.907. The molecule has 0 amide bonds. The Hall–Kier alpha value is -1.40. The number of benzene rings is 1. The summed E-state index contributed by atoms with van der Waals surface area (Å²) in [6.07, 6.45) is 0.913. The van der Waals surface area contributed by atoms with Gasteiger partial charge in [-0.25, -0.2) is 0 Å². The topological polar surface area (TPSA) is 77.0 Å². The largest absolute Gasteiger partial charge is 0.406 e. The molecule has 1 atom stereocenters. The fraction of sp³-hybridized carbons (Fsp3) is 0.333. The molecule has 0 fully saturated rings. The first kappa shape index (κ1) is 13.0. The maximum atomic E-state index is 5.67. The van der Waals surface area contributed by atoms with E-state index in [1.54, 1.807) is 6.92 Å². The Morgan fingerprint density at radius 3 is 2.83 bits per heavy atom. The number of halogens is 1. The first-order valence-corrected chi connectivity index (χ1v) is 6.54. The molecule has 96 valence electrons. The second-order valence-corrected chi connectivity index (χ2v) is 4.93. The molecule has 2 rings (SSSR count). The van der Waals surface area contributed by atoms with Crippen molar-refractivity contribution in [3.63, 3.8) is 0 Å². The minimum absolute atomic E-state index is 0.261. The van der Waals surface area contributed by atoms with Crippen LogP contribution in [0.5, 0.6) is 0 Å². The van der Waals surface area contributed by atoms with Gasteiger partial charge in [-0.2, -0.15) is 0 Å². The number of nitrogens with two attached hydrogens (primary N) is 1. The van der Waals surface area contributed by atoms with E-state index in [0.717, 1.165) is 16.6 Å². The van der Waals surface area contributed by atoms with E-state index in [0.29, 0.717) is 11.9 Å². The summed E-state index contributed by atoms with van der Waals surface area (Å²) in [6.45, 7) is 3.89. The van der Waals surface area contributed by atoms with Crippen molar-refractivity contribution in [2.24, 2.45) is 5.73 Å². The minimum Gasteiger partial charge on any atom is -0.406 e. The molecule has 0 bridgehead atoms. The maximum absolute atomic E-state index is 5.67. The van der Waals surface area contributed by atoms with Crippen molar-refractivity contribution in [3.8, 4) is 0 Å². The van der Waals surface area contributed by atoms with E-state index < -0.39 is 0 Å². The van der Waals surface area contributed by atoms with Crippen molar-refractivity contribution in [2.45, 2.75) is 26.3 Å². The Kier molecular flexibility index (Phi) is 3.98. The van der Waals surface area contributed by atoms with Gasteiger partial charge >= 0.3 is 6.01 Å². The molecule has 0 aliphatic rings. The van der Waals surface area contributed by atoms with Gasteiger partial charge in [0.1, 0.15) is 0 Å². The van der Waals surface area contributed by atoms with Gasteiger partial charge in [0, 0.05) is 10.2 Å². The average molecular weight is 311 g/mol. The highest BCUT2D eigenvalue weighted by Gasteiger charge is 2.11. The highest BCUT2D eigenvalue weighted by Crippen LogP contribution is 2.24. The van der Waals surface area contributed by atoms with Gasteiger partial charge in [-0.05, 0) is 37.1 Å². The first-order chi connectivity index (χ1) is 8.60. The van der Waals surface area contributed by atoms with Crippen LogP contribution in [0.3, 0.4) is 0 Å². The molecule has 5 nitrogen and oxygen atoms in total. The zero-order valence-corrected chi connectivity index (χ0v) is 11.9. The molecular formula is C12H15BrN4O. The molecule has 0 saturated heterocycles. The van der Waals surface area contributed by atoms with Crippen molar-refractivity contribution >= 4 is 27.6 Å². The molecule has 1 aromatic carbocycles. The Labute approximate surface area is 114 Å². The lowest BCUT2D eigenvalue weighted by atomic mass is 10.1. The van der Waals surface area contributed by atoms with Crippen molar-refractivity contribution in [1.82, 2.24) is 10.2 Å². The summed E-state index contributed by atoms with van der Waals surface area (Å²) in [5, 5.41) is 10.9. The third kappa shape index (κ3) is 2.88. The second kappa shape index (κ2) is 5.49. The predicted molar refractivity (Wildman–Crippen MR) is 73.7 cm³/mol. The molecule has 3 N–H and O–H groups in total. The van der Waals surface area contributed by atoms with Gasteiger partial charge in [0.2, 0.25) is 5.89 Å². The number of hydrogen-bond donors (Lipinski definition) is 2. The molecule has 0 aliphatic heterocycles. The number of hydrogen-bond acceptors (Lipinski definition) is 5. The molecule has 2 aromatic rings. The number of anilines is 2. The maximum Gasteiger partial charge on any atom is 0.320 e. The molecule has 0 saturated carbocycles. The summed E-state index contributed by atoms with van der Waals surface area (Å²) in [7, 11) is 0. The van der Waals surface area contributed by atoms with Crippen molar-refractivity contribution < 1.29 is 4.42 Å². The van der Waals surface area contributed by atoms with Crippen molar-refractivity contribution in [3.05, 3.63) is 34.1 Å². The van der Waals surface area contributed by atoms with E-state index in [2.05, 4.69) is 44.4 Å². The molecule has 0 radical (unpaired) electrons. The SMILES string of the molecule is CCc1cc(Br)ccc1Nc1nnc(C(C)N)o1. The number of nitrogens with zero attached hydrogens (tertiary/aromatic N) is 2. The van der Waals surface area contributed by atoms with E-state index >= 15 is 0 Å². The van der Waals surface area contributed by atoms with Gasteiger partial charge in [0.15, 0.2) is 0 Å². The van der Waals surface area contributed by atoms with Crippen LogP contribution in [0.15, 0.2) is 27.1 Å². The van der Waals surface area contributed by atoms with Crippen LogP contribution in [-0.2, 0) is 6.42 Å². The van der Waals surface area contributed by atoms with Gasteiger partial charge in [-0.15, -0.1) is 5.10 Å². The van der Waals surface area contributed by atoms with E-state index in [9.17, 15) is 0 Å². The summed E-state index contributed by atoms with van der Waals surface area (Å²) >= 11 is 3.45. The van der Waals surface area contributed by atoms with Crippen LogP contribution >= 0.6 is 15.9 Å². The fourth-order valence-corrected chi connectivity index (χ4v) is 1.97. The van der Waals surface area contributed by atoms with Crippen LogP contribution in [-0.4, -0.2) is 10.2 Å². The highest BCUT2D eigenvalue weighted by atomic mass is 79.9. The van der Waals surface area contributed by atoms with Crippen LogP contribution in [0.25, 0.3) is 0 Å². The normalized spacial score (nSPS) is 12.4. The lowest BCUT2D eigenvalue weighted by Crippen LogP contribution is -2.04. The molecule has 18 heavy (non-hydrogen) atoms. The summed E-state index contributed by atoms with van der Waals surface area (Å²) in [5.41, 5.74) is 7.80. The van der Waals surface area contributed by atoms with Crippen molar-refractivity contribution in [2.75, 3.05) is 5.32 Å². The zero-order valence-electron chi connectivity index (χ0n) is 10.3. The highest BCUT2D eigenvalue weighted by molar-refractivity contribution is 9.10. The summed E-state index contributed by atoms with van der Waals surface area (Å²) in [4.78, 5) is 0. The summed E-state index contributed by atoms with van der Waals surface area (Å²) in [6, 6.07) is 6.09. The predicted octanol–water partition coefficient (Wildman–Crippen LogP) is 3.16. The molecular weight excluding hydrogens is 296 g/mol. The fourth-order valence-electron chi connectivity index (χ4n) is 1.56. The monoisotopic (exact) mass is 310 g/mol. The van der Waals surface area contributed by atoms with Crippen LogP contribution in [0.1, 0.15) is 31.3 Å². The number of aromatic nitrogens is 2. The molecule has 1 heterocycles. The van der Waals surface area contributed by atoms with Gasteiger partial charge in [-0.1, -0.05) is 28.0 Å². The van der Waals surface area contributed by atoms with Crippen LogP contribution in [0.2, 0.25) is 0 Å². The van der Waals surface area contributed by atoms with Gasteiger partial charge in [0.25, 0.3) is 0 Å². The molecule has 0 aliphatic carbocycles. The Morgan fingerprint density at radius 2 is 2.22 bits per heavy atom. The van der Waals surface area contributed by atoms with Gasteiger partial charge < -0.3 is 15.5 Å². The second-order valence-electron chi connectivity index (χ2n) is 4.01. The number of aryl methyl sites for hydroxylation is 1. The van der Waals surface area contributed by atoms with Gasteiger partial charge in [0.05, 0.1) is 6.04 Å². The smallest absolute Gasteiger partial charge is 0.320 e. The van der Waals surface area contributed by atoms with Crippen molar-refractivity contribution in [1.29, 1.82) is 0 Å².